The molecule has 1 aliphatic carbocycles. The first-order valence-electron chi connectivity index (χ1n) is 6.83. The molecule has 0 aromatic carbocycles. The number of carboxylic acids is 1. The van der Waals surface area contributed by atoms with Gasteiger partial charge >= 0.3 is 5.97 Å². The van der Waals surface area contributed by atoms with Crippen LogP contribution in [0.3, 0.4) is 0 Å². The minimum absolute atomic E-state index is 0.299. The van der Waals surface area contributed by atoms with Crippen LogP contribution in [0.25, 0.3) is 0 Å². The second kappa shape index (κ2) is 5.49. The summed E-state index contributed by atoms with van der Waals surface area (Å²) in [6.07, 6.45) is 3.71. The van der Waals surface area contributed by atoms with Gasteiger partial charge in [0.05, 0.1) is 5.69 Å². The van der Waals surface area contributed by atoms with Gasteiger partial charge in [-0.05, 0) is 31.1 Å². The van der Waals surface area contributed by atoms with Crippen LogP contribution in [0.5, 0.6) is 0 Å². The van der Waals surface area contributed by atoms with Gasteiger partial charge in [0.1, 0.15) is 5.92 Å². The van der Waals surface area contributed by atoms with E-state index in [2.05, 4.69) is 31.1 Å². The maximum absolute atomic E-state index is 11.2. The topological polar surface area (TPSA) is 62.2 Å². The Bertz CT molecular complexity index is 463. The fourth-order valence-corrected chi connectivity index (χ4v) is 3.37. The molecule has 1 heterocycles. The molecule has 1 unspecified atom stereocenters. The molecule has 2 N–H and O–H groups in total. The molecule has 106 valence electrons. The summed E-state index contributed by atoms with van der Waals surface area (Å²) in [5.74, 6) is -1.15. The Morgan fingerprint density at radius 2 is 2.26 bits per heavy atom. The fourth-order valence-electron chi connectivity index (χ4n) is 2.28. The highest BCUT2D eigenvalue weighted by atomic mass is 32.1. The second-order valence-corrected chi connectivity index (χ2v) is 7.43. The Morgan fingerprint density at radius 1 is 1.53 bits per heavy atom. The number of carboxylic acid groups (broad SMARTS) is 1. The number of carbonyl (C=O) groups is 1. The van der Waals surface area contributed by atoms with Gasteiger partial charge in [-0.1, -0.05) is 20.8 Å². The first kappa shape index (κ1) is 14.3. The van der Waals surface area contributed by atoms with Crippen LogP contribution >= 0.6 is 11.3 Å². The molecule has 0 bridgehead atoms. The Morgan fingerprint density at radius 3 is 2.89 bits per heavy atom. The zero-order chi connectivity index (χ0) is 14.0. The maximum Gasteiger partial charge on any atom is 0.312 e. The smallest absolute Gasteiger partial charge is 0.312 e. The van der Waals surface area contributed by atoms with Crippen LogP contribution in [0.4, 0.5) is 5.13 Å². The number of aromatic nitrogens is 1. The zero-order valence-electron chi connectivity index (χ0n) is 11.8. The van der Waals surface area contributed by atoms with Crippen LogP contribution in [0.15, 0.2) is 0 Å². The molecule has 19 heavy (non-hydrogen) atoms. The van der Waals surface area contributed by atoms with Crippen LogP contribution in [0, 0.1) is 5.41 Å². The molecule has 2 rings (SSSR count). The van der Waals surface area contributed by atoms with E-state index in [4.69, 9.17) is 0 Å². The zero-order valence-corrected chi connectivity index (χ0v) is 12.6. The van der Waals surface area contributed by atoms with E-state index in [0.717, 1.165) is 41.5 Å². The van der Waals surface area contributed by atoms with Crippen LogP contribution in [0.1, 0.15) is 56.5 Å². The second-order valence-electron chi connectivity index (χ2n) is 6.35. The first-order chi connectivity index (χ1) is 8.87. The van der Waals surface area contributed by atoms with Gasteiger partial charge in [-0.3, -0.25) is 4.79 Å². The van der Waals surface area contributed by atoms with Crippen molar-refractivity contribution in [2.24, 2.45) is 5.41 Å². The largest absolute Gasteiger partial charge is 0.481 e. The molecule has 1 aromatic heterocycles. The number of fused-ring (bicyclic) bond motifs is 1. The Labute approximate surface area is 118 Å². The van der Waals surface area contributed by atoms with Gasteiger partial charge in [0.2, 0.25) is 0 Å². The normalized spacial score (nSPS) is 19.0. The third kappa shape index (κ3) is 3.69. The third-order valence-corrected chi connectivity index (χ3v) is 4.49. The fraction of sp³-hybridized carbons (Fsp3) is 0.714. The molecule has 1 aromatic rings. The molecular formula is C14H22N2O2S. The average Bonchev–Trinajstić information content (AvgIpc) is 2.68. The highest BCUT2D eigenvalue weighted by molar-refractivity contribution is 7.15. The van der Waals surface area contributed by atoms with Crippen LogP contribution in [-0.4, -0.2) is 22.6 Å². The number of rotatable bonds is 4. The lowest BCUT2D eigenvalue weighted by Gasteiger charge is -2.17. The third-order valence-electron chi connectivity index (χ3n) is 3.40. The Hall–Kier alpha value is -1.10. The molecule has 1 atom stereocenters. The standard InChI is InChI=1S/C14H22N2O2S/c1-14(2,3)7-8-15-13-16-11-9(12(17)18)5-4-6-10(11)19-13/h9H,4-8H2,1-3H3,(H,15,16)(H,17,18). The van der Waals surface area contributed by atoms with E-state index in [9.17, 15) is 9.90 Å². The predicted octanol–water partition coefficient (Wildman–Crippen LogP) is 3.50. The van der Waals surface area contributed by atoms with Gasteiger partial charge < -0.3 is 10.4 Å². The van der Waals surface area contributed by atoms with Crippen LogP contribution < -0.4 is 5.32 Å². The van der Waals surface area contributed by atoms with Crippen molar-refractivity contribution >= 4 is 22.4 Å². The van der Waals surface area contributed by atoms with Gasteiger partial charge in [-0.2, -0.15) is 0 Å². The summed E-state index contributed by atoms with van der Waals surface area (Å²) in [7, 11) is 0. The van der Waals surface area contributed by atoms with E-state index >= 15 is 0 Å². The van der Waals surface area contributed by atoms with Crippen molar-refractivity contribution in [1.29, 1.82) is 0 Å². The molecule has 0 saturated carbocycles. The quantitative estimate of drug-likeness (QED) is 0.887. The van der Waals surface area contributed by atoms with E-state index in [-0.39, 0.29) is 0 Å². The van der Waals surface area contributed by atoms with E-state index < -0.39 is 11.9 Å². The summed E-state index contributed by atoms with van der Waals surface area (Å²) in [6.45, 7) is 7.51. The summed E-state index contributed by atoms with van der Waals surface area (Å²) in [5.41, 5.74) is 1.09. The van der Waals surface area contributed by atoms with Gasteiger partial charge in [0.25, 0.3) is 0 Å². The van der Waals surface area contributed by atoms with Gasteiger partial charge in [0, 0.05) is 11.4 Å². The molecular weight excluding hydrogens is 260 g/mol. The molecule has 0 fully saturated rings. The van der Waals surface area contributed by atoms with Crippen LogP contribution in [0.2, 0.25) is 0 Å². The number of hydrogen-bond acceptors (Lipinski definition) is 4. The van der Waals surface area contributed by atoms with E-state index in [1.165, 1.54) is 0 Å². The minimum atomic E-state index is -0.743. The molecule has 0 amide bonds. The molecule has 0 spiro atoms. The van der Waals surface area contributed by atoms with Crippen molar-refractivity contribution < 1.29 is 9.90 Å². The number of nitrogens with zero attached hydrogens (tertiary/aromatic N) is 1. The monoisotopic (exact) mass is 282 g/mol. The summed E-state index contributed by atoms with van der Waals surface area (Å²) >= 11 is 1.62. The lowest BCUT2D eigenvalue weighted by atomic mass is 9.91. The van der Waals surface area contributed by atoms with E-state index in [1.807, 2.05) is 0 Å². The number of anilines is 1. The number of thiazole rings is 1. The summed E-state index contributed by atoms with van der Waals surface area (Å²) < 4.78 is 0. The Balaban J connectivity index is 2.03. The van der Waals surface area contributed by atoms with Crippen molar-refractivity contribution in [2.75, 3.05) is 11.9 Å². The van der Waals surface area contributed by atoms with Crippen molar-refractivity contribution in [1.82, 2.24) is 4.98 Å². The number of aliphatic carboxylic acids is 1. The SMILES string of the molecule is CC(C)(C)CCNc1nc2c(s1)CCCC2C(=O)O. The molecule has 4 nitrogen and oxygen atoms in total. The van der Waals surface area contributed by atoms with Crippen molar-refractivity contribution in [3.63, 3.8) is 0 Å². The Kier molecular flexibility index (Phi) is 4.13. The minimum Gasteiger partial charge on any atom is -0.481 e. The summed E-state index contributed by atoms with van der Waals surface area (Å²) in [5, 5.41) is 13.4. The number of aryl methyl sites for hydroxylation is 1. The highest BCUT2D eigenvalue weighted by Gasteiger charge is 2.29. The molecule has 0 aliphatic heterocycles. The van der Waals surface area contributed by atoms with Gasteiger partial charge in [-0.25, -0.2) is 4.98 Å². The lowest BCUT2D eigenvalue weighted by Crippen LogP contribution is -2.17. The van der Waals surface area contributed by atoms with E-state index in [0.29, 0.717) is 11.8 Å². The molecule has 5 heteroatoms. The first-order valence-corrected chi connectivity index (χ1v) is 7.65. The summed E-state index contributed by atoms with van der Waals surface area (Å²) in [4.78, 5) is 16.9. The van der Waals surface area contributed by atoms with Crippen LogP contribution in [-0.2, 0) is 11.2 Å². The van der Waals surface area contributed by atoms with Crippen molar-refractivity contribution in [2.45, 2.75) is 52.4 Å². The lowest BCUT2D eigenvalue weighted by molar-refractivity contribution is -0.139. The van der Waals surface area contributed by atoms with E-state index in [1.54, 1.807) is 11.3 Å². The van der Waals surface area contributed by atoms with Gasteiger partial charge in [0.15, 0.2) is 5.13 Å². The van der Waals surface area contributed by atoms with Crippen molar-refractivity contribution in [3.8, 4) is 0 Å². The number of nitrogens with one attached hydrogen (secondary N) is 1. The highest BCUT2D eigenvalue weighted by Crippen LogP contribution is 2.36. The average molecular weight is 282 g/mol. The molecule has 0 saturated heterocycles. The maximum atomic E-state index is 11.2. The summed E-state index contributed by atoms with van der Waals surface area (Å²) in [6, 6.07) is 0. The van der Waals surface area contributed by atoms with Gasteiger partial charge in [-0.15, -0.1) is 11.3 Å². The molecule has 0 radical (unpaired) electrons. The van der Waals surface area contributed by atoms with Crippen molar-refractivity contribution in [3.05, 3.63) is 10.6 Å². The number of hydrogen-bond donors (Lipinski definition) is 2. The molecule has 1 aliphatic rings. The predicted molar refractivity (Wildman–Crippen MR) is 78.0 cm³/mol.